The molecular formula is C14H19N3O. The van der Waals surface area contributed by atoms with E-state index in [0.717, 1.165) is 17.8 Å². The van der Waals surface area contributed by atoms with Crippen LogP contribution < -0.4 is 5.32 Å². The van der Waals surface area contributed by atoms with Crippen molar-refractivity contribution in [2.75, 3.05) is 11.9 Å². The molecule has 0 aliphatic rings. The maximum absolute atomic E-state index is 5.42. The van der Waals surface area contributed by atoms with Crippen molar-refractivity contribution in [1.29, 1.82) is 0 Å². The van der Waals surface area contributed by atoms with Crippen molar-refractivity contribution in [2.24, 2.45) is 5.41 Å². The normalized spacial score (nSPS) is 11.6. The number of hydrogen-bond acceptors (Lipinski definition) is 4. The maximum Gasteiger partial charge on any atom is 0.247 e. The molecule has 1 aromatic carbocycles. The highest BCUT2D eigenvalue weighted by molar-refractivity contribution is 5.61. The zero-order chi connectivity index (χ0) is 13.2. The number of nitrogens with one attached hydrogen (secondary N) is 1. The molecule has 2 aromatic rings. The van der Waals surface area contributed by atoms with Crippen LogP contribution in [-0.4, -0.2) is 16.7 Å². The average molecular weight is 245 g/mol. The molecule has 0 unspecified atom stereocenters. The smallest absolute Gasteiger partial charge is 0.247 e. The third kappa shape index (κ3) is 3.32. The average Bonchev–Trinajstić information content (AvgIpc) is 2.73. The molecule has 0 amide bonds. The molecule has 0 saturated carbocycles. The van der Waals surface area contributed by atoms with Crippen molar-refractivity contribution >= 4 is 5.69 Å². The van der Waals surface area contributed by atoms with Gasteiger partial charge in [0.15, 0.2) is 0 Å². The molecule has 0 aliphatic carbocycles. The molecule has 0 fully saturated rings. The number of aryl methyl sites for hydroxylation is 1. The number of aromatic nitrogens is 2. The lowest BCUT2D eigenvalue weighted by Crippen LogP contribution is -2.18. The fourth-order valence-corrected chi connectivity index (χ4v) is 1.54. The van der Waals surface area contributed by atoms with Crippen LogP contribution in [0.5, 0.6) is 0 Å². The van der Waals surface area contributed by atoms with E-state index in [1.165, 1.54) is 0 Å². The van der Waals surface area contributed by atoms with E-state index in [2.05, 4.69) is 36.3 Å². The highest BCUT2D eigenvalue weighted by Gasteiger charge is 2.10. The van der Waals surface area contributed by atoms with Crippen LogP contribution in [0.4, 0.5) is 5.69 Å². The summed E-state index contributed by atoms with van der Waals surface area (Å²) in [6.45, 7) is 9.30. The number of hydrogen-bond donors (Lipinski definition) is 1. The lowest BCUT2D eigenvalue weighted by molar-refractivity contribution is 0.443. The Morgan fingerprint density at radius 2 is 2.00 bits per heavy atom. The first-order valence-electron chi connectivity index (χ1n) is 6.08. The molecule has 2 rings (SSSR count). The van der Waals surface area contributed by atoms with Crippen molar-refractivity contribution in [2.45, 2.75) is 27.7 Å². The zero-order valence-corrected chi connectivity index (χ0v) is 11.3. The molecule has 0 saturated heterocycles. The summed E-state index contributed by atoms with van der Waals surface area (Å²) in [6.07, 6.45) is 0. The van der Waals surface area contributed by atoms with E-state index < -0.39 is 0 Å². The van der Waals surface area contributed by atoms with Gasteiger partial charge in [-0.2, -0.15) is 0 Å². The summed E-state index contributed by atoms with van der Waals surface area (Å²) in [5, 5.41) is 11.3. The van der Waals surface area contributed by atoms with Crippen LogP contribution in [0, 0.1) is 12.3 Å². The lowest BCUT2D eigenvalue weighted by atomic mass is 9.97. The van der Waals surface area contributed by atoms with Crippen molar-refractivity contribution in [3.63, 3.8) is 0 Å². The predicted octanol–water partition coefficient (Wildman–Crippen LogP) is 3.50. The molecule has 0 radical (unpaired) electrons. The molecule has 1 N–H and O–H groups in total. The van der Waals surface area contributed by atoms with Crippen LogP contribution in [0.1, 0.15) is 26.7 Å². The fraction of sp³-hybridized carbons (Fsp3) is 0.429. The summed E-state index contributed by atoms with van der Waals surface area (Å²) < 4.78 is 5.42. The van der Waals surface area contributed by atoms with Gasteiger partial charge in [0.05, 0.1) is 0 Å². The number of rotatable bonds is 3. The van der Waals surface area contributed by atoms with Gasteiger partial charge in [-0.3, -0.25) is 0 Å². The van der Waals surface area contributed by atoms with Gasteiger partial charge in [-0.05, 0) is 23.6 Å². The second-order valence-electron chi connectivity index (χ2n) is 5.62. The van der Waals surface area contributed by atoms with E-state index in [-0.39, 0.29) is 5.41 Å². The third-order valence-electron chi connectivity index (χ3n) is 2.46. The Labute approximate surface area is 107 Å². The highest BCUT2D eigenvalue weighted by Crippen LogP contribution is 2.22. The largest absolute Gasteiger partial charge is 0.421 e. The third-order valence-corrected chi connectivity index (χ3v) is 2.46. The Balaban J connectivity index is 2.15. The second-order valence-corrected chi connectivity index (χ2v) is 5.62. The lowest BCUT2D eigenvalue weighted by Gasteiger charge is -2.19. The minimum absolute atomic E-state index is 0.247. The van der Waals surface area contributed by atoms with E-state index in [1.807, 2.05) is 24.3 Å². The SMILES string of the molecule is Cc1nnc(-c2cccc(NCC(C)(C)C)c2)o1. The molecular weight excluding hydrogens is 226 g/mol. The summed E-state index contributed by atoms with van der Waals surface area (Å²) in [7, 11) is 0. The first-order chi connectivity index (χ1) is 8.44. The Morgan fingerprint density at radius 1 is 1.22 bits per heavy atom. The van der Waals surface area contributed by atoms with E-state index in [0.29, 0.717) is 11.8 Å². The number of anilines is 1. The standard InChI is InChI=1S/C14H19N3O/c1-10-16-17-13(18-10)11-6-5-7-12(8-11)15-9-14(2,3)4/h5-8,15H,9H2,1-4H3. The Morgan fingerprint density at radius 3 is 2.61 bits per heavy atom. The van der Waals surface area contributed by atoms with E-state index >= 15 is 0 Å². The molecule has 0 spiro atoms. The van der Waals surface area contributed by atoms with Crippen molar-refractivity contribution in [1.82, 2.24) is 10.2 Å². The topological polar surface area (TPSA) is 51.0 Å². The van der Waals surface area contributed by atoms with Crippen LogP contribution in [0.25, 0.3) is 11.5 Å². The summed E-state index contributed by atoms with van der Waals surface area (Å²) in [6, 6.07) is 8.02. The van der Waals surface area contributed by atoms with Crippen molar-refractivity contribution in [3.8, 4) is 11.5 Å². The van der Waals surface area contributed by atoms with Gasteiger partial charge < -0.3 is 9.73 Å². The predicted molar refractivity (Wildman–Crippen MR) is 72.4 cm³/mol. The van der Waals surface area contributed by atoms with Gasteiger partial charge in [-0.25, -0.2) is 0 Å². The molecule has 18 heavy (non-hydrogen) atoms. The number of benzene rings is 1. The van der Waals surface area contributed by atoms with Crippen LogP contribution in [0.3, 0.4) is 0 Å². The van der Waals surface area contributed by atoms with Gasteiger partial charge in [-0.1, -0.05) is 26.8 Å². The molecule has 1 heterocycles. The van der Waals surface area contributed by atoms with Gasteiger partial charge in [0, 0.05) is 24.7 Å². The molecule has 96 valence electrons. The zero-order valence-electron chi connectivity index (χ0n) is 11.3. The number of nitrogens with zero attached hydrogens (tertiary/aromatic N) is 2. The van der Waals surface area contributed by atoms with Crippen LogP contribution in [0.15, 0.2) is 28.7 Å². The summed E-state index contributed by atoms with van der Waals surface area (Å²) in [4.78, 5) is 0. The first-order valence-corrected chi connectivity index (χ1v) is 6.08. The summed E-state index contributed by atoms with van der Waals surface area (Å²) in [5.74, 6) is 1.14. The van der Waals surface area contributed by atoms with Gasteiger partial charge in [-0.15, -0.1) is 10.2 Å². The van der Waals surface area contributed by atoms with Crippen LogP contribution >= 0.6 is 0 Å². The van der Waals surface area contributed by atoms with Gasteiger partial charge in [0.1, 0.15) is 0 Å². The van der Waals surface area contributed by atoms with Gasteiger partial charge >= 0.3 is 0 Å². The molecule has 4 nitrogen and oxygen atoms in total. The Hall–Kier alpha value is -1.84. The first kappa shape index (κ1) is 12.6. The van der Waals surface area contributed by atoms with Crippen LogP contribution in [-0.2, 0) is 0 Å². The van der Waals surface area contributed by atoms with Crippen molar-refractivity contribution < 1.29 is 4.42 Å². The quantitative estimate of drug-likeness (QED) is 0.899. The maximum atomic E-state index is 5.42. The highest BCUT2D eigenvalue weighted by atomic mass is 16.4. The molecule has 0 bridgehead atoms. The Bertz CT molecular complexity index is 526. The monoisotopic (exact) mass is 245 g/mol. The van der Waals surface area contributed by atoms with Gasteiger partial charge in [0.25, 0.3) is 0 Å². The molecule has 0 atom stereocenters. The molecule has 4 heteroatoms. The minimum atomic E-state index is 0.247. The van der Waals surface area contributed by atoms with E-state index in [1.54, 1.807) is 6.92 Å². The second kappa shape index (κ2) is 4.80. The summed E-state index contributed by atoms with van der Waals surface area (Å²) >= 11 is 0. The minimum Gasteiger partial charge on any atom is -0.421 e. The van der Waals surface area contributed by atoms with Gasteiger partial charge in [0.2, 0.25) is 11.8 Å². The van der Waals surface area contributed by atoms with Crippen molar-refractivity contribution in [3.05, 3.63) is 30.2 Å². The van der Waals surface area contributed by atoms with Crippen LogP contribution in [0.2, 0.25) is 0 Å². The van der Waals surface area contributed by atoms with E-state index in [9.17, 15) is 0 Å². The fourth-order valence-electron chi connectivity index (χ4n) is 1.54. The Kier molecular flexibility index (Phi) is 3.36. The molecule has 1 aromatic heterocycles. The molecule has 0 aliphatic heterocycles. The summed E-state index contributed by atoms with van der Waals surface area (Å²) in [5.41, 5.74) is 2.25. The van der Waals surface area contributed by atoms with E-state index in [4.69, 9.17) is 4.42 Å².